The molecule has 0 saturated carbocycles. The first-order valence-electron chi connectivity index (χ1n) is 15.3. The molecule has 0 amide bonds. The minimum Gasteiger partial charge on any atom is -0.372 e. The number of nitrogens with zero attached hydrogens (tertiary/aromatic N) is 2. The molecule has 2 nitrogen and oxygen atoms in total. The van der Waals surface area contributed by atoms with E-state index in [0.717, 1.165) is 31.6 Å². The summed E-state index contributed by atoms with van der Waals surface area (Å²) in [5.41, 5.74) is 15.3. The predicted octanol–water partition coefficient (Wildman–Crippen LogP) is 10.7. The summed E-state index contributed by atoms with van der Waals surface area (Å²) in [6.45, 7) is 15.3. The highest BCUT2D eigenvalue weighted by Gasteiger charge is 2.15. The predicted molar refractivity (Wildman–Crippen MR) is 183 cm³/mol. The van der Waals surface area contributed by atoms with Gasteiger partial charge in [-0.2, -0.15) is 0 Å². The monoisotopic (exact) mass is 552 g/mol. The average molecular weight is 553 g/mol. The molecule has 5 aromatic rings. The first-order valence-corrected chi connectivity index (χ1v) is 15.3. The smallest absolute Gasteiger partial charge is 0.0464 e. The fourth-order valence-corrected chi connectivity index (χ4v) is 5.70. The maximum atomic E-state index is 2.39. The van der Waals surface area contributed by atoms with Gasteiger partial charge in [0.05, 0.1) is 0 Å². The molecule has 0 bridgehead atoms. The lowest BCUT2D eigenvalue weighted by molar-refractivity contribution is 0.864. The van der Waals surface area contributed by atoms with E-state index in [1.165, 1.54) is 61.6 Å². The molecule has 0 atom stereocenters. The number of rotatable bonds is 10. The van der Waals surface area contributed by atoms with Gasteiger partial charge in [0, 0.05) is 35.8 Å². The van der Waals surface area contributed by atoms with Crippen LogP contribution < -0.4 is 9.80 Å². The van der Waals surface area contributed by atoms with Crippen molar-refractivity contribution in [2.75, 3.05) is 22.9 Å². The standard InChI is InChI=1S/C40H44N2/c1-7-41(8-2)37-22-13-33(14-23-37)12-17-34-18-26-40(28-32(34)6)42(39-21-11-30(4)31(5)27-39)38-24-19-36(20-25-38)35-15-9-29(3)10-16-35/h9-11,13-16,18-28H,7-8,12,17H2,1-6H3. The quantitative estimate of drug-likeness (QED) is 0.170. The van der Waals surface area contributed by atoms with E-state index in [1.54, 1.807) is 0 Å². The molecule has 0 aliphatic heterocycles. The maximum absolute atomic E-state index is 2.39. The molecule has 0 saturated heterocycles. The van der Waals surface area contributed by atoms with E-state index >= 15 is 0 Å². The van der Waals surface area contributed by atoms with E-state index in [1.807, 2.05) is 0 Å². The highest BCUT2D eigenvalue weighted by Crippen LogP contribution is 2.37. The summed E-state index contributed by atoms with van der Waals surface area (Å²) < 4.78 is 0. The van der Waals surface area contributed by atoms with Crippen molar-refractivity contribution in [2.45, 2.75) is 54.4 Å². The van der Waals surface area contributed by atoms with Crippen molar-refractivity contribution in [3.63, 3.8) is 0 Å². The van der Waals surface area contributed by atoms with Crippen LogP contribution in [0.3, 0.4) is 0 Å². The molecular weight excluding hydrogens is 508 g/mol. The number of hydrogen-bond donors (Lipinski definition) is 0. The van der Waals surface area contributed by atoms with Gasteiger partial charge < -0.3 is 9.80 Å². The highest BCUT2D eigenvalue weighted by atomic mass is 15.1. The molecule has 0 N–H and O–H groups in total. The van der Waals surface area contributed by atoms with Crippen LogP contribution in [0.2, 0.25) is 0 Å². The molecule has 5 rings (SSSR count). The summed E-state index contributed by atoms with van der Waals surface area (Å²) in [4.78, 5) is 4.78. The van der Waals surface area contributed by atoms with E-state index in [9.17, 15) is 0 Å². The van der Waals surface area contributed by atoms with Crippen LogP contribution in [0.5, 0.6) is 0 Å². The van der Waals surface area contributed by atoms with Crippen molar-refractivity contribution in [1.82, 2.24) is 0 Å². The van der Waals surface area contributed by atoms with Gasteiger partial charge >= 0.3 is 0 Å². The summed E-state index contributed by atoms with van der Waals surface area (Å²) in [5, 5.41) is 0. The van der Waals surface area contributed by atoms with Gasteiger partial charge in [-0.3, -0.25) is 0 Å². The second-order valence-corrected chi connectivity index (χ2v) is 11.5. The minimum atomic E-state index is 1.03. The van der Waals surface area contributed by atoms with Crippen LogP contribution >= 0.6 is 0 Å². The molecule has 0 fully saturated rings. The van der Waals surface area contributed by atoms with Gasteiger partial charge in [0.1, 0.15) is 0 Å². The molecule has 214 valence electrons. The normalized spacial score (nSPS) is 11.0. The Balaban J connectivity index is 1.41. The Labute approximate surface area is 253 Å². The lowest BCUT2D eigenvalue weighted by Crippen LogP contribution is -2.21. The van der Waals surface area contributed by atoms with Crippen molar-refractivity contribution >= 4 is 22.7 Å². The largest absolute Gasteiger partial charge is 0.372 e. The summed E-state index contributed by atoms with van der Waals surface area (Å²) in [6, 6.07) is 40.6. The van der Waals surface area contributed by atoms with Crippen LogP contribution in [0.4, 0.5) is 22.7 Å². The summed E-state index contributed by atoms with van der Waals surface area (Å²) in [6.07, 6.45) is 2.08. The van der Waals surface area contributed by atoms with Crippen molar-refractivity contribution in [1.29, 1.82) is 0 Å². The highest BCUT2D eigenvalue weighted by molar-refractivity contribution is 5.79. The molecule has 42 heavy (non-hydrogen) atoms. The zero-order chi connectivity index (χ0) is 29.6. The summed E-state index contributed by atoms with van der Waals surface area (Å²) >= 11 is 0. The Hall–Kier alpha value is -4.30. The molecule has 5 aromatic carbocycles. The van der Waals surface area contributed by atoms with Crippen molar-refractivity contribution < 1.29 is 0 Å². The Bertz CT molecular complexity index is 1610. The van der Waals surface area contributed by atoms with Gasteiger partial charge in [-0.05, 0) is 142 Å². The van der Waals surface area contributed by atoms with Gasteiger partial charge in [0.15, 0.2) is 0 Å². The third kappa shape index (κ3) is 6.60. The second-order valence-electron chi connectivity index (χ2n) is 11.5. The summed E-state index contributed by atoms with van der Waals surface area (Å²) in [5.74, 6) is 0. The molecule has 0 radical (unpaired) electrons. The van der Waals surface area contributed by atoms with Gasteiger partial charge in [0.25, 0.3) is 0 Å². The van der Waals surface area contributed by atoms with E-state index in [2.05, 4.69) is 161 Å². The first-order chi connectivity index (χ1) is 20.4. The Morgan fingerprint density at radius 2 is 0.976 bits per heavy atom. The van der Waals surface area contributed by atoms with Crippen LogP contribution in [-0.2, 0) is 12.8 Å². The minimum absolute atomic E-state index is 1.03. The molecule has 0 aliphatic rings. The van der Waals surface area contributed by atoms with Gasteiger partial charge in [-0.1, -0.05) is 66.2 Å². The lowest BCUT2D eigenvalue weighted by Gasteiger charge is -2.27. The Morgan fingerprint density at radius 1 is 0.452 bits per heavy atom. The van der Waals surface area contributed by atoms with Crippen LogP contribution in [0.1, 0.15) is 47.2 Å². The third-order valence-electron chi connectivity index (χ3n) is 8.59. The number of benzene rings is 5. The van der Waals surface area contributed by atoms with Crippen LogP contribution in [0, 0.1) is 27.7 Å². The number of anilines is 4. The Kier molecular flexibility index (Phi) is 9.12. The zero-order valence-electron chi connectivity index (χ0n) is 26.1. The third-order valence-corrected chi connectivity index (χ3v) is 8.59. The summed E-state index contributed by atoms with van der Waals surface area (Å²) in [7, 11) is 0. The topological polar surface area (TPSA) is 6.48 Å². The first kappa shape index (κ1) is 29.2. The van der Waals surface area contributed by atoms with Gasteiger partial charge in [-0.15, -0.1) is 0 Å². The zero-order valence-corrected chi connectivity index (χ0v) is 26.1. The molecule has 0 unspecified atom stereocenters. The average Bonchev–Trinajstić information content (AvgIpc) is 3.01. The van der Waals surface area contributed by atoms with Crippen molar-refractivity contribution in [2.24, 2.45) is 0 Å². The molecule has 0 aliphatic carbocycles. The molecule has 2 heteroatoms. The van der Waals surface area contributed by atoms with Crippen LogP contribution in [0.25, 0.3) is 11.1 Å². The second kappa shape index (κ2) is 13.1. The molecular formula is C40H44N2. The van der Waals surface area contributed by atoms with Crippen LogP contribution in [-0.4, -0.2) is 13.1 Å². The molecule has 0 aromatic heterocycles. The Morgan fingerprint density at radius 3 is 1.55 bits per heavy atom. The lowest BCUT2D eigenvalue weighted by atomic mass is 9.99. The SMILES string of the molecule is CCN(CC)c1ccc(CCc2ccc(N(c3ccc(-c4ccc(C)cc4)cc3)c3ccc(C)c(C)c3)cc2C)cc1. The van der Waals surface area contributed by atoms with Gasteiger partial charge in [-0.25, -0.2) is 0 Å². The van der Waals surface area contributed by atoms with Gasteiger partial charge in [0.2, 0.25) is 0 Å². The van der Waals surface area contributed by atoms with Crippen LogP contribution in [0.15, 0.2) is 109 Å². The van der Waals surface area contributed by atoms with E-state index in [4.69, 9.17) is 0 Å². The maximum Gasteiger partial charge on any atom is 0.0464 e. The fourth-order valence-electron chi connectivity index (χ4n) is 5.70. The fraction of sp³-hybridized carbons (Fsp3) is 0.250. The molecule has 0 heterocycles. The van der Waals surface area contributed by atoms with E-state index in [-0.39, 0.29) is 0 Å². The number of hydrogen-bond acceptors (Lipinski definition) is 2. The molecule has 0 spiro atoms. The van der Waals surface area contributed by atoms with E-state index in [0.29, 0.717) is 0 Å². The van der Waals surface area contributed by atoms with E-state index < -0.39 is 0 Å². The number of aryl methyl sites for hydroxylation is 6. The van der Waals surface area contributed by atoms with Crippen molar-refractivity contribution in [3.05, 3.63) is 143 Å². The van der Waals surface area contributed by atoms with Crippen molar-refractivity contribution in [3.8, 4) is 11.1 Å².